The van der Waals surface area contributed by atoms with Crippen molar-refractivity contribution in [3.05, 3.63) is 0 Å². The van der Waals surface area contributed by atoms with Gasteiger partial charge in [0.05, 0.1) is 0 Å². The zero-order chi connectivity index (χ0) is 9.52. The van der Waals surface area contributed by atoms with Crippen LogP contribution in [-0.2, 0) is 0 Å². The molecule has 0 bridgehead atoms. The van der Waals surface area contributed by atoms with Crippen molar-refractivity contribution in [1.82, 2.24) is 0 Å². The Labute approximate surface area is 85.8 Å². The lowest BCUT2D eigenvalue weighted by atomic mass is 10.0. The predicted molar refractivity (Wildman–Crippen MR) is 60.8 cm³/mol. The van der Waals surface area contributed by atoms with Crippen LogP contribution in [0.25, 0.3) is 0 Å². The second kappa shape index (κ2) is 6.34. The summed E-state index contributed by atoms with van der Waals surface area (Å²) in [5, 5.41) is 0.701. The standard InChI is InChI=1S/C11H19NS/c1-2-3-4-7-10(12)11-8-5-6-9-13-11/h10-11H,4-9,12H2,1H3. The largest absolute Gasteiger partial charge is 0.327 e. The van der Waals surface area contributed by atoms with Gasteiger partial charge in [0.15, 0.2) is 0 Å². The van der Waals surface area contributed by atoms with Crippen molar-refractivity contribution in [2.45, 2.75) is 50.3 Å². The van der Waals surface area contributed by atoms with Crippen molar-refractivity contribution in [3.8, 4) is 11.8 Å². The molecule has 1 heterocycles. The molecule has 0 aliphatic carbocycles. The van der Waals surface area contributed by atoms with E-state index in [1.807, 2.05) is 6.92 Å². The van der Waals surface area contributed by atoms with Gasteiger partial charge in [-0.3, -0.25) is 0 Å². The number of hydrogen-bond donors (Lipinski definition) is 1. The highest BCUT2D eigenvalue weighted by Gasteiger charge is 2.20. The number of hydrogen-bond acceptors (Lipinski definition) is 2. The van der Waals surface area contributed by atoms with E-state index in [9.17, 15) is 0 Å². The van der Waals surface area contributed by atoms with Crippen molar-refractivity contribution in [2.75, 3.05) is 5.75 Å². The molecule has 1 rings (SSSR count). The molecule has 0 aromatic rings. The van der Waals surface area contributed by atoms with Crippen LogP contribution in [0, 0.1) is 11.8 Å². The van der Waals surface area contributed by atoms with Crippen LogP contribution in [-0.4, -0.2) is 17.0 Å². The first kappa shape index (κ1) is 10.9. The summed E-state index contributed by atoms with van der Waals surface area (Å²) in [4.78, 5) is 0. The third-order valence-electron chi connectivity index (χ3n) is 2.47. The summed E-state index contributed by atoms with van der Waals surface area (Å²) in [6.45, 7) is 1.89. The Kier molecular flexibility index (Phi) is 5.34. The van der Waals surface area contributed by atoms with E-state index in [-0.39, 0.29) is 0 Å². The van der Waals surface area contributed by atoms with Crippen LogP contribution in [0.2, 0.25) is 0 Å². The maximum atomic E-state index is 6.10. The second-order valence-corrected chi connectivity index (χ2v) is 4.88. The van der Waals surface area contributed by atoms with E-state index in [0.29, 0.717) is 11.3 Å². The molecule has 2 heteroatoms. The summed E-state index contributed by atoms with van der Waals surface area (Å²) in [5.74, 6) is 7.30. The molecule has 74 valence electrons. The lowest BCUT2D eigenvalue weighted by molar-refractivity contribution is 0.539. The summed E-state index contributed by atoms with van der Waals surface area (Å²) in [6, 6.07) is 0.367. The smallest absolute Gasteiger partial charge is 0.0199 e. The molecule has 1 saturated heterocycles. The number of nitrogens with two attached hydrogens (primary N) is 1. The van der Waals surface area contributed by atoms with Gasteiger partial charge in [-0.25, -0.2) is 0 Å². The van der Waals surface area contributed by atoms with Crippen LogP contribution >= 0.6 is 11.8 Å². The third kappa shape index (κ3) is 4.06. The highest BCUT2D eigenvalue weighted by Crippen LogP contribution is 2.28. The third-order valence-corrected chi connectivity index (χ3v) is 4.01. The topological polar surface area (TPSA) is 26.0 Å². The van der Waals surface area contributed by atoms with E-state index in [0.717, 1.165) is 12.8 Å². The normalized spacial score (nSPS) is 24.6. The fourth-order valence-corrected chi connectivity index (χ4v) is 3.04. The number of thioether (sulfide) groups is 1. The lowest BCUT2D eigenvalue weighted by Crippen LogP contribution is -2.34. The fourth-order valence-electron chi connectivity index (χ4n) is 1.65. The van der Waals surface area contributed by atoms with Gasteiger partial charge < -0.3 is 5.73 Å². The zero-order valence-corrected chi connectivity index (χ0v) is 9.20. The average molecular weight is 197 g/mol. The Bertz CT molecular complexity index is 186. The molecule has 2 atom stereocenters. The van der Waals surface area contributed by atoms with Gasteiger partial charge in [0.2, 0.25) is 0 Å². The van der Waals surface area contributed by atoms with E-state index in [1.54, 1.807) is 0 Å². The minimum atomic E-state index is 0.367. The second-order valence-electron chi connectivity index (χ2n) is 3.53. The molecule has 1 nitrogen and oxygen atoms in total. The van der Waals surface area contributed by atoms with Gasteiger partial charge >= 0.3 is 0 Å². The molecule has 0 saturated carbocycles. The monoisotopic (exact) mass is 197 g/mol. The quantitative estimate of drug-likeness (QED) is 0.703. The summed E-state index contributed by atoms with van der Waals surface area (Å²) in [7, 11) is 0. The van der Waals surface area contributed by atoms with Crippen molar-refractivity contribution in [1.29, 1.82) is 0 Å². The summed E-state index contributed by atoms with van der Waals surface area (Å²) >= 11 is 2.06. The van der Waals surface area contributed by atoms with E-state index in [4.69, 9.17) is 5.73 Å². The molecule has 0 aromatic carbocycles. The highest BCUT2D eigenvalue weighted by atomic mass is 32.2. The predicted octanol–water partition coefficient (Wildman–Crippen LogP) is 2.40. The van der Waals surface area contributed by atoms with Gasteiger partial charge in [0.25, 0.3) is 0 Å². The minimum absolute atomic E-state index is 0.367. The van der Waals surface area contributed by atoms with Crippen molar-refractivity contribution >= 4 is 11.8 Å². The molecule has 0 radical (unpaired) electrons. The first-order valence-electron chi connectivity index (χ1n) is 5.11. The molecule has 2 unspecified atom stereocenters. The van der Waals surface area contributed by atoms with Gasteiger partial charge in [-0.15, -0.1) is 11.8 Å². The van der Waals surface area contributed by atoms with Crippen LogP contribution in [0.4, 0.5) is 0 Å². The van der Waals surface area contributed by atoms with Crippen LogP contribution in [0.1, 0.15) is 39.0 Å². The fraction of sp³-hybridized carbons (Fsp3) is 0.818. The lowest BCUT2D eigenvalue weighted by Gasteiger charge is -2.26. The van der Waals surface area contributed by atoms with E-state index < -0.39 is 0 Å². The Hall–Kier alpha value is -0.130. The van der Waals surface area contributed by atoms with Crippen molar-refractivity contribution in [3.63, 3.8) is 0 Å². The molecule has 0 spiro atoms. The van der Waals surface area contributed by atoms with Crippen molar-refractivity contribution in [2.24, 2.45) is 5.73 Å². The van der Waals surface area contributed by atoms with Gasteiger partial charge in [-0.1, -0.05) is 6.42 Å². The minimum Gasteiger partial charge on any atom is -0.327 e. The van der Waals surface area contributed by atoms with Gasteiger partial charge in [0.1, 0.15) is 0 Å². The first-order valence-corrected chi connectivity index (χ1v) is 6.16. The molecule has 0 aromatic heterocycles. The summed E-state index contributed by atoms with van der Waals surface area (Å²) in [5.41, 5.74) is 6.10. The van der Waals surface area contributed by atoms with Crippen LogP contribution in [0.5, 0.6) is 0 Å². The van der Waals surface area contributed by atoms with Crippen molar-refractivity contribution < 1.29 is 0 Å². The van der Waals surface area contributed by atoms with Gasteiger partial charge in [-0.05, 0) is 31.9 Å². The maximum absolute atomic E-state index is 6.10. The molecular weight excluding hydrogens is 178 g/mol. The SMILES string of the molecule is CC#CCCC(N)C1CCCCS1. The van der Waals surface area contributed by atoms with Crippen LogP contribution in [0.3, 0.4) is 0 Å². The van der Waals surface area contributed by atoms with E-state index in [2.05, 4.69) is 23.6 Å². The van der Waals surface area contributed by atoms with Crippen LogP contribution in [0.15, 0.2) is 0 Å². The average Bonchev–Trinajstić information content (AvgIpc) is 2.19. The Balaban J connectivity index is 2.19. The molecule has 1 aliphatic heterocycles. The maximum Gasteiger partial charge on any atom is 0.0199 e. The Morgan fingerprint density at radius 1 is 1.54 bits per heavy atom. The Morgan fingerprint density at radius 3 is 3.00 bits per heavy atom. The number of rotatable bonds is 3. The molecule has 2 N–H and O–H groups in total. The molecule has 1 fully saturated rings. The van der Waals surface area contributed by atoms with E-state index in [1.165, 1.54) is 25.0 Å². The highest BCUT2D eigenvalue weighted by molar-refractivity contribution is 8.00. The molecular formula is C11H19NS. The zero-order valence-electron chi connectivity index (χ0n) is 8.38. The Morgan fingerprint density at radius 2 is 2.38 bits per heavy atom. The van der Waals surface area contributed by atoms with E-state index >= 15 is 0 Å². The van der Waals surface area contributed by atoms with Gasteiger partial charge in [0, 0.05) is 17.7 Å². The molecule has 0 amide bonds. The summed E-state index contributed by atoms with van der Waals surface area (Å²) in [6.07, 6.45) is 6.09. The van der Waals surface area contributed by atoms with Gasteiger partial charge in [-0.2, -0.15) is 11.8 Å². The summed E-state index contributed by atoms with van der Waals surface area (Å²) < 4.78 is 0. The molecule has 1 aliphatic rings. The molecule has 13 heavy (non-hydrogen) atoms. The van der Waals surface area contributed by atoms with Crippen LogP contribution < -0.4 is 5.73 Å². The first-order chi connectivity index (χ1) is 6.34.